The van der Waals surface area contributed by atoms with Gasteiger partial charge in [0.1, 0.15) is 10.1 Å². The zero-order valence-corrected chi connectivity index (χ0v) is 9.35. The van der Waals surface area contributed by atoms with E-state index < -0.39 is 13.2 Å². The van der Waals surface area contributed by atoms with Crippen LogP contribution < -0.4 is 29.6 Å². The Bertz CT molecular complexity index is 168. The zero-order valence-electron chi connectivity index (χ0n) is 4.27. The number of halogens is 3. The maximum absolute atomic E-state index is 9.70. The average molecular weight is 221 g/mol. The fourth-order valence-electron chi connectivity index (χ4n) is 0. The van der Waals surface area contributed by atoms with E-state index in [0.29, 0.717) is 0 Å². The average Bonchev–Trinajstić information content (AvgIpc) is 1.25. The molecule has 0 rings (SSSR count). The Morgan fingerprint density at radius 1 is 1.22 bits per heavy atom. The van der Waals surface area contributed by atoms with Gasteiger partial charge in [0.05, 0.1) is 0 Å². The molecule has 0 aromatic carbocycles. The van der Waals surface area contributed by atoms with Crippen LogP contribution in [0.2, 0.25) is 0 Å². The van der Waals surface area contributed by atoms with Crippen LogP contribution in [0.25, 0.3) is 0 Å². The Balaban J connectivity index is 0. The molecule has 0 bridgehead atoms. The minimum Gasteiger partial charge on any atom is -0.745 e. The zero-order chi connectivity index (χ0) is 7.00. The Morgan fingerprint density at radius 2 is 1.33 bits per heavy atom. The van der Waals surface area contributed by atoms with Gasteiger partial charge in [-0.2, -0.15) is 0 Å². The molecule has 0 aromatic heterocycles. The van der Waals surface area contributed by atoms with Gasteiger partial charge < -0.3 is 4.55 Å². The summed E-state index contributed by atoms with van der Waals surface area (Å²) in [5.41, 5.74) is 0. The molecule has 0 saturated carbocycles. The van der Waals surface area contributed by atoms with Crippen LogP contribution in [0.15, 0.2) is 0 Å². The van der Waals surface area contributed by atoms with E-state index in [4.69, 9.17) is 0 Å². The van der Waals surface area contributed by atoms with Crippen molar-refractivity contribution in [3.05, 3.63) is 0 Å². The summed E-state index contributed by atoms with van der Waals surface area (Å²) in [6.45, 7) is 0. The number of hydrogen-bond acceptors (Lipinski definition) is 3. The van der Waals surface area contributed by atoms with Crippen molar-refractivity contribution in [2.75, 3.05) is 0 Å². The molecule has 0 aromatic rings. The predicted octanol–water partition coefficient (Wildman–Crippen LogP) is -2.14. The second-order valence-corrected chi connectivity index (χ2v) is 5.37. The van der Waals surface area contributed by atoms with Gasteiger partial charge >= 0.3 is 29.6 Å². The summed E-state index contributed by atoms with van der Waals surface area (Å²) < 4.78 is 26.4. The first-order valence-electron chi connectivity index (χ1n) is 1.27. The summed E-state index contributed by atoms with van der Waals surface area (Å²) in [6, 6.07) is 0. The molecular weight excluding hydrogens is 221 g/mol. The van der Waals surface area contributed by atoms with Crippen molar-refractivity contribution in [1.29, 1.82) is 0 Å². The van der Waals surface area contributed by atoms with Crippen molar-refractivity contribution in [3.8, 4) is 0 Å². The Hall–Kier alpha value is 1.78. The molecule has 9 heavy (non-hydrogen) atoms. The Kier molecular flexibility index (Phi) is 5.90. The second kappa shape index (κ2) is 3.97. The van der Waals surface area contributed by atoms with Crippen molar-refractivity contribution in [1.82, 2.24) is 0 Å². The number of hydrogen-bond donors (Lipinski definition) is 0. The first kappa shape index (κ1) is 13.4. The van der Waals surface area contributed by atoms with Gasteiger partial charge in [-0.1, -0.05) is 34.8 Å². The molecule has 0 spiro atoms. The normalized spacial score (nSPS) is 12.4. The third kappa shape index (κ3) is 5.09. The summed E-state index contributed by atoms with van der Waals surface area (Å²) in [4.78, 5) is 0. The van der Waals surface area contributed by atoms with E-state index in [9.17, 15) is 13.0 Å². The van der Waals surface area contributed by atoms with E-state index in [1.165, 1.54) is 0 Å². The molecule has 0 unspecified atom stereocenters. The minimum absolute atomic E-state index is 0. The molecule has 0 aliphatic rings. The fraction of sp³-hybridized carbons (Fsp3) is 1.00. The van der Waals surface area contributed by atoms with E-state index in [1.807, 2.05) is 0 Å². The molecule has 8 heteroatoms. The minimum atomic E-state index is -4.79. The molecule has 0 saturated heterocycles. The number of alkyl halides is 3. The van der Waals surface area contributed by atoms with Gasteiger partial charge in [0.25, 0.3) is 3.12 Å². The van der Waals surface area contributed by atoms with E-state index in [2.05, 4.69) is 34.8 Å². The van der Waals surface area contributed by atoms with Crippen molar-refractivity contribution >= 4 is 44.9 Å². The van der Waals surface area contributed by atoms with Crippen molar-refractivity contribution in [2.24, 2.45) is 0 Å². The Labute approximate surface area is 89.7 Å². The summed E-state index contributed by atoms with van der Waals surface area (Å²) in [7, 11) is -4.79. The second-order valence-electron chi connectivity index (χ2n) is 0.900. The molecule has 50 valence electrons. The van der Waals surface area contributed by atoms with Gasteiger partial charge in [-0.3, -0.25) is 0 Å². The molecule has 3 nitrogen and oxygen atoms in total. The first-order valence-corrected chi connectivity index (χ1v) is 3.81. The number of rotatable bonds is 0. The van der Waals surface area contributed by atoms with Gasteiger partial charge in [-0.15, -0.1) is 0 Å². The fourth-order valence-corrected chi connectivity index (χ4v) is 0. The van der Waals surface area contributed by atoms with E-state index >= 15 is 0 Å². The predicted molar refractivity (Wildman–Crippen MR) is 30.0 cm³/mol. The van der Waals surface area contributed by atoms with E-state index in [0.717, 1.165) is 0 Å². The molecular formula is CCl3NaO3S. The van der Waals surface area contributed by atoms with Gasteiger partial charge in [-0.25, -0.2) is 8.42 Å². The summed E-state index contributed by atoms with van der Waals surface area (Å²) in [5.74, 6) is 0. The van der Waals surface area contributed by atoms with Crippen LogP contribution in [-0.4, -0.2) is 16.1 Å². The Morgan fingerprint density at radius 3 is 1.33 bits per heavy atom. The summed E-state index contributed by atoms with van der Waals surface area (Å²) in [5, 5.41) is 0. The van der Waals surface area contributed by atoms with E-state index in [1.54, 1.807) is 0 Å². The first-order chi connectivity index (χ1) is 3.25. The van der Waals surface area contributed by atoms with Gasteiger partial charge in [0.15, 0.2) is 0 Å². The molecule has 0 amide bonds. The van der Waals surface area contributed by atoms with Crippen LogP contribution in [-0.2, 0) is 10.1 Å². The third-order valence-corrected chi connectivity index (χ3v) is 2.55. The van der Waals surface area contributed by atoms with Crippen LogP contribution >= 0.6 is 34.8 Å². The topological polar surface area (TPSA) is 57.2 Å². The molecule has 0 aliphatic heterocycles. The van der Waals surface area contributed by atoms with Crippen molar-refractivity contribution in [2.45, 2.75) is 3.12 Å². The quantitative estimate of drug-likeness (QED) is 0.267. The van der Waals surface area contributed by atoms with Crippen molar-refractivity contribution < 1.29 is 42.5 Å². The van der Waals surface area contributed by atoms with Gasteiger partial charge in [0.2, 0.25) is 0 Å². The maximum Gasteiger partial charge on any atom is 1.00 e. The molecule has 0 aliphatic carbocycles. The third-order valence-electron chi connectivity index (χ3n) is 0.283. The smallest absolute Gasteiger partial charge is 0.745 e. The van der Waals surface area contributed by atoms with Crippen LogP contribution in [0.4, 0.5) is 0 Å². The molecule has 0 heterocycles. The molecule has 0 atom stereocenters. The molecule has 0 N–H and O–H groups in total. The van der Waals surface area contributed by atoms with Crippen LogP contribution in [0.3, 0.4) is 0 Å². The molecule has 0 radical (unpaired) electrons. The van der Waals surface area contributed by atoms with E-state index in [-0.39, 0.29) is 29.6 Å². The molecule has 0 fully saturated rings. The summed E-state index contributed by atoms with van der Waals surface area (Å²) >= 11 is 13.9. The van der Waals surface area contributed by atoms with Gasteiger partial charge in [0, 0.05) is 0 Å². The maximum atomic E-state index is 9.70. The van der Waals surface area contributed by atoms with Crippen LogP contribution in [0.5, 0.6) is 0 Å². The monoisotopic (exact) mass is 220 g/mol. The van der Waals surface area contributed by atoms with Crippen LogP contribution in [0, 0.1) is 0 Å². The SMILES string of the molecule is O=S(=O)([O-])C(Cl)(Cl)Cl.[Na+]. The van der Waals surface area contributed by atoms with Gasteiger partial charge in [-0.05, 0) is 0 Å². The largest absolute Gasteiger partial charge is 1.00 e. The van der Waals surface area contributed by atoms with Crippen molar-refractivity contribution in [3.63, 3.8) is 0 Å². The summed E-state index contributed by atoms with van der Waals surface area (Å²) in [6.07, 6.45) is 0. The standard InChI is InChI=1S/CHCl3O3S.Na/c2-1(3,4)8(5,6)7;/h(H,5,6,7);/q;+1/p-1. The van der Waals surface area contributed by atoms with Crippen LogP contribution in [0.1, 0.15) is 0 Å².